The first kappa shape index (κ1) is 15.1. The van der Waals surface area contributed by atoms with Crippen LogP contribution < -0.4 is 10.0 Å². The van der Waals surface area contributed by atoms with Gasteiger partial charge in [0.2, 0.25) is 10.0 Å². The summed E-state index contributed by atoms with van der Waals surface area (Å²) in [6.07, 6.45) is 1.01. The number of hydrogen-bond donors (Lipinski definition) is 2. The summed E-state index contributed by atoms with van der Waals surface area (Å²) in [4.78, 5) is 0.306. The van der Waals surface area contributed by atoms with Gasteiger partial charge in [0.05, 0.1) is 4.90 Å². The molecule has 18 heavy (non-hydrogen) atoms. The molecule has 4 nitrogen and oxygen atoms in total. The zero-order chi connectivity index (χ0) is 13.8. The molecule has 0 saturated carbocycles. The molecule has 0 heterocycles. The van der Waals surface area contributed by atoms with E-state index in [1.54, 1.807) is 12.1 Å². The van der Waals surface area contributed by atoms with E-state index in [0.717, 1.165) is 12.0 Å². The second-order valence-corrected chi connectivity index (χ2v) is 6.26. The van der Waals surface area contributed by atoms with Gasteiger partial charge in [-0.15, -0.1) is 0 Å². The molecule has 2 N–H and O–H groups in total. The van der Waals surface area contributed by atoms with E-state index in [4.69, 9.17) is 0 Å². The van der Waals surface area contributed by atoms with Crippen LogP contribution in [0.5, 0.6) is 0 Å². The highest BCUT2D eigenvalue weighted by Crippen LogP contribution is 2.24. The van der Waals surface area contributed by atoms with Crippen LogP contribution in [0.3, 0.4) is 0 Å². The molecule has 5 heteroatoms. The molecule has 0 spiro atoms. The molecular weight excluding hydrogens is 248 g/mol. The lowest BCUT2D eigenvalue weighted by Crippen LogP contribution is -2.28. The van der Waals surface area contributed by atoms with Crippen LogP contribution in [0, 0.1) is 0 Å². The maximum Gasteiger partial charge on any atom is 0.240 e. The van der Waals surface area contributed by atoms with Gasteiger partial charge in [-0.3, -0.25) is 0 Å². The highest BCUT2D eigenvalue weighted by Gasteiger charge is 2.17. The van der Waals surface area contributed by atoms with E-state index in [1.165, 1.54) is 7.05 Å². The fourth-order valence-corrected chi connectivity index (χ4v) is 2.82. The minimum Gasteiger partial charge on any atom is -0.317 e. The summed E-state index contributed by atoms with van der Waals surface area (Å²) in [5.41, 5.74) is 1.16. The van der Waals surface area contributed by atoms with Crippen molar-refractivity contribution in [3.8, 4) is 0 Å². The predicted octanol–water partition coefficient (Wildman–Crippen LogP) is 1.70. The van der Waals surface area contributed by atoms with Crippen LogP contribution in [0.25, 0.3) is 0 Å². The third-order valence-corrected chi connectivity index (χ3v) is 4.82. The van der Waals surface area contributed by atoms with Gasteiger partial charge >= 0.3 is 0 Å². The molecule has 1 rings (SSSR count). The second kappa shape index (κ2) is 6.31. The Morgan fingerprint density at radius 2 is 1.72 bits per heavy atom. The highest BCUT2D eigenvalue weighted by atomic mass is 32.2. The van der Waals surface area contributed by atoms with Crippen molar-refractivity contribution in [2.75, 3.05) is 14.1 Å². The Bertz CT molecular complexity index is 468. The van der Waals surface area contributed by atoms with Gasteiger partial charge < -0.3 is 5.32 Å². The van der Waals surface area contributed by atoms with Crippen LogP contribution >= 0.6 is 0 Å². The van der Waals surface area contributed by atoms with E-state index in [0.29, 0.717) is 16.9 Å². The topological polar surface area (TPSA) is 58.2 Å². The smallest absolute Gasteiger partial charge is 0.240 e. The number of likely N-dealkylation sites (N-methyl/N-ethyl adjacent to an activating group) is 1. The summed E-state index contributed by atoms with van der Waals surface area (Å²) >= 11 is 0. The normalized spacial score (nSPS) is 15.3. The van der Waals surface area contributed by atoms with Gasteiger partial charge in [0.1, 0.15) is 0 Å². The van der Waals surface area contributed by atoms with Gasteiger partial charge in [-0.1, -0.05) is 19.1 Å². The number of benzene rings is 1. The number of rotatable bonds is 6. The van der Waals surface area contributed by atoms with Crippen molar-refractivity contribution < 1.29 is 8.42 Å². The van der Waals surface area contributed by atoms with Gasteiger partial charge in [-0.25, -0.2) is 13.1 Å². The summed E-state index contributed by atoms with van der Waals surface area (Å²) in [5, 5.41) is 3.24. The molecule has 2 unspecified atom stereocenters. The number of nitrogens with one attached hydrogen (secondary N) is 2. The van der Waals surface area contributed by atoms with Crippen LogP contribution in [0.4, 0.5) is 0 Å². The van der Waals surface area contributed by atoms with Gasteiger partial charge in [0, 0.05) is 6.04 Å². The zero-order valence-corrected chi connectivity index (χ0v) is 12.2. The zero-order valence-electron chi connectivity index (χ0n) is 11.4. The van der Waals surface area contributed by atoms with Crippen molar-refractivity contribution in [2.24, 2.45) is 0 Å². The average Bonchev–Trinajstić information content (AvgIpc) is 2.40. The van der Waals surface area contributed by atoms with Gasteiger partial charge in [-0.05, 0) is 51.1 Å². The Morgan fingerprint density at radius 1 is 1.17 bits per heavy atom. The Morgan fingerprint density at radius 3 is 2.11 bits per heavy atom. The lowest BCUT2D eigenvalue weighted by Gasteiger charge is -2.22. The van der Waals surface area contributed by atoms with E-state index in [-0.39, 0.29) is 0 Å². The predicted molar refractivity (Wildman–Crippen MR) is 74.2 cm³/mol. The fourth-order valence-electron chi connectivity index (χ4n) is 2.09. The lowest BCUT2D eigenvalue weighted by atomic mass is 9.90. The van der Waals surface area contributed by atoms with Crippen LogP contribution in [0.2, 0.25) is 0 Å². The minimum absolute atomic E-state index is 0.306. The fraction of sp³-hybridized carbons (Fsp3) is 0.538. The van der Waals surface area contributed by atoms with Crippen LogP contribution in [-0.4, -0.2) is 28.6 Å². The molecule has 0 saturated heterocycles. The molecule has 0 aliphatic rings. The van der Waals surface area contributed by atoms with Crippen LogP contribution in [0.1, 0.15) is 31.7 Å². The van der Waals surface area contributed by atoms with E-state index in [1.807, 2.05) is 19.2 Å². The van der Waals surface area contributed by atoms with E-state index >= 15 is 0 Å². The molecule has 0 bridgehead atoms. The lowest BCUT2D eigenvalue weighted by molar-refractivity contribution is 0.483. The van der Waals surface area contributed by atoms with Crippen molar-refractivity contribution in [1.82, 2.24) is 10.0 Å². The van der Waals surface area contributed by atoms with Gasteiger partial charge in [0.15, 0.2) is 0 Å². The van der Waals surface area contributed by atoms with Crippen LogP contribution in [0.15, 0.2) is 29.2 Å². The standard InChI is InChI=1S/C13H22N2O2S/c1-5-13(10(2)14-3)11-6-8-12(9-7-11)18(16,17)15-4/h6-10,13-15H,5H2,1-4H3. The summed E-state index contributed by atoms with van der Waals surface area (Å²) in [5.74, 6) is 0.390. The first-order valence-electron chi connectivity index (χ1n) is 6.17. The van der Waals surface area contributed by atoms with Gasteiger partial charge in [-0.2, -0.15) is 0 Å². The molecule has 0 aliphatic carbocycles. The maximum absolute atomic E-state index is 11.6. The number of sulfonamides is 1. The Kier molecular flexibility index (Phi) is 5.31. The van der Waals surface area contributed by atoms with Crippen molar-refractivity contribution in [1.29, 1.82) is 0 Å². The average molecular weight is 270 g/mol. The largest absolute Gasteiger partial charge is 0.317 e. The summed E-state index contributed by atoms with van der Waals surface area (Å²) in [6.45, 7) is 4.27. The molecule has 0 aromatic heterocycles. The summed E-state index contributed by atoms with van der Waals surface area (Å²) in [7, 11) is 0.0167. The Balaban J connectivity index is 3.02. The molecule has 1 aromatic carbocycles. The molecular formula is C13H22N2O2S. The molecule has 1 aromatic rings. The quantitative estimate of drug-likeness (QED) is 0.827. The third kappa shape index (κ3) is 3.31. The first-order chi connectivity index (χ1) is 8.46. The maximum atomic E-state index is 11.6. The molecule has 0 radical (unpaired) electrons. The van der Waals surface area contributed by atoms with E-state index in [2.05, 4.69) is 23.9 Å². The summed E-state index contributed by atoms with van der Waals surface area (Å²) in [6, 6.07) is 7.47. The van der Waals surface area contributed by atoms with E-state index < -0.39 is 10.0 Å². The molecule has 2 atom stereocenters. The van der Waals surface area contributed by atoms with Crippen molar-refractivity contribution >= 4 is 10.0 Å². The number of hydrogen-bond acceptors (Lipinski definition) is 3. The van der Waals surface area contributed by atoms with Crippen LogP contribution in [-0.2, 0) is 10.0 Å². The molecule has 0 aliphatic heterocycles. The van der Waals surface area contributed by atoms with E-state index in [9.17, 15) is 8.42 Å². The minimum atomic E-state index is -3.34. The monoisotopic (exact) mass is 270 g/mol. The first-order valence-corrected chi connectivity index (χ1v) is 7.65. The molecule has 102 valence electrons. The Labute approximate surface area is 110 Å². The van der Waals surface area contributed by atoms with Crippen molar-refractivity contribution in [3.63, 3.8) is 0 Å². The summed E-state index contributed by atoms with van der Waals surface area (Å²) < 4.78 is 25.6. The third-order valence-electron chi connectivity index (χ3n) is 3.39. The highest BCUT2D eigenvalue weighted by molar-refractivity contribution is 7.89. The second-order valence-electron chi connectivity index (χ2n) is 4.37. The SMILES string of the molecule is CCC(c1ccc(S(=O)(=O)NC)cc1)C(C)NC. The van der Waals surface area contributed by atoms with Gasteiger partial charge in [0.25, 0.3) is 0 Å². The molecule has 0 amide bonds. The Hall–Kier alpha value is -0.910. The molecule has 0 fully saturated rings. The van der Waals surface area contributed by atoms with Crippen molar-refractivity contribution in [3.05, 3.63) is 29.8 Å². The van der Waals surface area contributed by atoms with Crippen molar-refractivity contribution in [2.45, 2.75) is 37.1 Å².